The smallest absolute Gasteiger partial charge is 0.275 e. The molecule has 3 N–H and O–H groups in total. The fourth-order valence-electron chi connectivity index (χ4n) is 1.39. The summed E-state index contributed by atoms with van der Waals surface area (Å²) in [6.07, 6.45) is 1.67. The van der Waals surface area contributed by atoms with Gasteiger partial charge in [-0.15, -0.1) is 23.1 Å². The SMILES string of the molecule is Cc1occc1SCc1ccsc1C(=O)NN. The summed E-state index contributed by atoms with van der Waals surface area (Å²) in [5.41, 5.74) is 3.15. The number of thioether (sulfide) groups is 1. The number of nitrogens with one attached hydrogen (secondary N) is 1. The van der Waals surface area contributed by atoms with Gasteiger partial charge >= 0.3 is 0 Å². The molecule has 1 amide bonds. The molecule has 2 rings (SSSR count). The van der Waals surface area contributed by atoms with Crippen LogP contribution in [0.1, 0.15) is 21.0 Å². The number of thiophene rings is 1. The Balaban J connectivity index is 2.07. The van der Waals surface area contributed by atoms with Gasteiger partial charge in [-0.05, 0) is 30.0 Å². The van der Waals surface area contributed by atoms with Crippen LogP contribution in [0.3, 0.4) is 0 Å². The van der Waals surface area contributed by atoms with Crippen molar-refractivity contribution in [1.29, 1.82) is 0 Å². The molecular formula is C11H12N2O2S2. The van der Waals surface area contributed by atoms with Gasteiger partial charge in [0, 0.05) is 10.6 Å². The van der Waals surface area contributed by atoms with Crippen LogP contribution in [0.2, 0.25) is 0 Å². The molecule has 0 saturated carbocycles. The molecule has 0 radical (unpaired) electrons. The summed E-state index contributed by atoms with van der Waals surface area (Å²) < 4.78 is 5.22. The third kappa shape index (κ3) is 2.71. The van der Waals surface area contributed by atoms with E-state index in [2.05, 4.69) is 5.43 Å². The Morgan fingerprint density at radius 3 is 3.06 bits per heavy atom. The van der Waals surface area contributed by atoms with Crippen molar-refractivity contribution < 1.29 is 9.21 Å². The lowest BCUT2D eigenvalue weighted by Gasteiger charge is -2.02. The molecule has 6 heteroatoms. The molecule has 0 saturated heterocycles. The van der Waals surface area contributed by atoms with Crippen molar-refractivity contribution in [3.8, 4) is 0 Å². The molecule has 0 aliphatic carbocycles. The van der Waals surface area contributed by atoms with E-state index in [4.69, 9.17) is 10.3 Å². The zero-order valence-corrected chi connectivity index (χ0v) is 10.9. The van der Waals surface area contributed by atoms with Gasteiger partial charge in [-0.25, -0.2) is 5.84 Å². The summed E-state index contributed by atoms with van der Waals surface area (Å²) in [7, 11) is 0. The maximum absolute atomic E-state index is 11.5. The fraction of sp³-hybridized carbons (Fsp3) is 0.182. The lowest BCUT2D eigenvalue weighted by molar-refractivity contribution is 0.0957. The van der Waals surface area contributed by atoms with E-state index in [0.29, 0.717) is 4.88 Å². The first kappa shape index (κ1) is 12.2. The van der Waals surface area contributed by atoms with Crippen molar-refractivity contribution in [3.05, 3.63) is 40.0 Å². The Labute approximate surface area is 107 Å². The van der Waals surface area contributed by atoms with Crippen LogP contribution in [0.5, 0.6) is 0 Å². The van der Waals surface area contributed by atoms with Crippen molar-refractivity contribution in [2.45, 2.75) is 17.6 Å². The lowest BCUT2D eigenvalue weighted by Crippen LogP contribution is -2.29. The van der Waals surface area contributed by atoms with Crippen molar-refractivity contribution in [2.24, 2.45) is 5.84 Å². The van der Waals surface area contributed by atoms with Gasteiger partial charge in [-0.3, -0.25) is 10.2 Å². The molecule has 0 unspecified atom stereocenters. The highest BCUT2D eigenvalue weighted by atomic mass is 32.2. The first-order valence-electron chi connectivity index (χ1n) is 4.96. The number of hydrogen-bond donors (Lipinski definition) is 2. The van der Waals surface area contributed by atoms with Crippen LogP contribution < -0.4 is 11.3 Å². The maximum atomic E-state index is 11.5. The summed E-state index contributed by atoms with van der Waals surface area (Å²) in [5, 5.41) is 1.89. The van der Waals surface area contributed by atoms with Crippen molar-refractivity contribution >= 4 is 29.0 Å². The standard InChI is InChI=1S/C11H12N2O2S2/c1-7-9(2-4-15-7)17-6-8-3-5-16-10(8)11(14)13-12/h2-5H,6,12H2,1H3,(H,13,14). The van der Waals surface area contributed by atoms with Crippen molar-refractivity contribution in [3.63, 3.8) is 0 Å². The molecule has 17 heavy (non-hydrogen) atoms. The molecule has 0 fully saturated rings. The van der Waals surface area contributed by atoms with E-state index in [-0.39, 0.29) is 5.91 Å². The maximum Gasteiger partial charge on any atom is 0.275 e. The second kappa shape index (κ2) is 5.39. The molecule has 4 nitrogen and oxygen atoms in total. The van der Waals surface area contributed by atoms with E-state index in [1.165, 1.54) is 11.3 Å². The zero-order valence-electron chi connectivity index (χ0n) is 9.23. The van der Waals surface area contributed by atoms with Gasteiger partial charge in [-0.2, -0.15) is 0 Å². The topological polar surface area (TPSA) is 68.3 Å². The third-order valence-electron chi connectivity index (χ3n) is 2.28. The molecule has 2 heterocycles. The summed E-state index contributed by atoms with van der Waals surface area (Å²) in [6.45, 7) is 1.92. The van der Waals surface area contributed by atoms with Crippen LogP contribution in [-0.4, -0.2) is 5.91 Å². The monoisotopic (exact) mass is 268 g/mol. The third-order valence-corrected chi connectivity index (χ3v) is 4.42. The number of nitrogens with two attached hydrogens (primary N) is 1. The normalized spacial score (nSPS) is 10.5. The number of nitrogen functional groups attached to an aromatic ring is 1. The number of carbonyl (C=O) groups excluding carboxylic acids is 1. The number of amides is 1. The Bertz CT molecular complexity index is 519. The van der Waals surface area contributed by atoms with E-state index >= 15 is 0 Å². The molecule has 0 aromatic carbocycles. The van der Waals surface area contributed by atoms with E-state index in [9.17, 15) is 4.79 Å². The highest BCUT2D eigenvalue weighted by molar-refractivity contribution is 7.98. The molecule has 0 aliphatic heterocycles. The van der Waals surface area contributed by atoms with Gasteiger partial charge in [0.2, 0.25) is 0 Å². The van der Waals surface area contributed by atoms with E-state index in [1.54, 1.807) is 18.0 Å². The summed E-state index contributed by atoms with van der Waals surface area (Å²) in [4.78, 5) is 13.2. The van der Waals surface area contributed by atoms with E-state index in [0.717, 1.165) is 22.0 Å². The summed E-state index contributed by atoms with van der Waals surface area (Å²) in [6, 6.07) is 3.87. The highest BCUT2D eigenvalue weighted by Gasteiger charge is 2.12. The first-order valence-corrected chi connectivity index (χ1v) is 6.83. The minimum absolute atomic E-state index is 0.237. The molecule has 0 aliphatic rings. The fourth-order valence-corrected chi connectivity index (χ4v) is 3.26. The number of hydrogen-bond acceptors (Lipinski definition) is 5. The van der Waals surface area contributed by atoms with Crippen LogP contribution in [-0.2, 0) is 5.75 Å². The molecule has 2 aromatic heterocycles. The number of furan rings is 1. The Hall–Kier alpha value is -1.24. The quantitative estimate of drug-likeness (QED) is 0.387. The average Bonchev–Trinajstić information content (AvgIpc) is 2.94. The van der Waals surface area contributed by atoms with Gasteiger partial charge in [-0.1, -0.05) is 0 Å². The molecule has 90 valence electrons. The zero-order chi connectivity index (χ0) is 12.3. The number of hydrazine groups is 1. The number of carbonyl (C=O) groups is 1. The second-order valence-corrected chi connectivity index (χ2v) is 5.31. The Morgan fingerprint density at radius 2 is 2.41 bits per heavy atom. The predicted molar refractivity (Wildman–Crippen MR) is 69.0 cm³/mol. The van der Waals surface area contributed by atoms with E-state index < -0.39 is 0 Å². The van der Waals surface area contributed by atoms with Gasteiger partial charge < -0.3 is 4.42 Å². The second-order valence-electron chi connectivity index (χ2n) is 3.38. The first-order chi connectivity index (χ1) is 8.22. The van der Waals surface area contributed by atoms with Crippen LogP contribution in [0.4, 0.5) is 0 Å². The van der Waals surface area contributed by atoms with Crippen molar-refractivity contribution in [2.75, 3.05) is 0 Å². The largest absolute Gasteiger partial charge is 0.468 e. The Kier molecular flexibility index (Phi) is 3.88. The predicted octanol–water partition coefficient (Wildman–Crippen LogP) is 2.55. The van der Waals surface area contributed by atoms with Crippen LogP contribution in [0, 0.1) is 6.92 Å². The van der Waals surface area contributed by atoms with Crippen LogP contribution in [0.25, 0.3) is 0 Å². The lowest BCUT2D eigenvalue weighted by atomic mass is 10.3. The van der Waals surface area contributed by atoms with Gasteiger partial charge in [0.25, 0.3) is 5.91 Å². The molecule has 0 atom stereocenters. The number of aryl methyl sites for hydroxylation is 1. The Morgan fingerprint density at radius 1 is 1.59 bits per heavy atom. The molecule has 2 aromatic rings. The van der Waals surface area contributed by atoms with Gasteiger partial charge in [0.15, 0.2) is 0 Å². The van der Waals surface area contributed by atoms with Gasteiger partial charge in [0.1, 0.15) is 5.76 Å². The average molecular weight is 268 g/mol. The van der Waals surface area contributed by atoms with Crippen molar-refractivity contribution in [1.82, 2.24) is 5.43 Å². The van der Waals surface area contributed by atoms with Gasteiger partial charge in [0.05, 0.1) is 11.1 Å². The minimum atomic E-state index is -0.237. The summed E-state index contributed by atoms with van der Waals surface area (Å²) in [5.74, 6) is 6.52. The molecule has 0 bridgehead atoms. The highest BCUT2D eigenvalue weighted by Crippen LogP contribution is 2.29. The molecule has 0 spiro atoms. The number of rotatable bonds is 4. The van der Waals surface area contributed by atoms with Crippen LogP contribution >= 0.6 is 23.1 Å². The van der Waals surface area contributed by atoms with Crippen LogP contribution in [0.15, 0.2) is 33.1 Å². The summed E-state index contributed by atoms with van der Waals surface area (Å²) >= 11 is 3.04. The van der Waals surface area contributed by atoms with E-state index in [1.807, 2.05) is 24.4 Å². The minimum Gasteiger partial charge on any atom is -0.468 e. The molecular weight excluding hydrogens is 256 g/mol.